The highest BCUT2D eigenvalue weighted by Gasteiger charge is 2.27. The van der Waals surface area contributed by atoms with E-state index in [4.69, 9.17) is 5.73 Å². The van der Waals surface area contributed by atoms with Gasteiger partial charge in [-0.1, -0.05) is 66.7 Å². The number of nitrogens with two attached hydrogens (primary N) is 1. The Bertz CT molecular complexity index is 988. The average molecular weight is 478 g/mol. The average Bonchev–Trinajstić information content (AvgIpc) is 2.86. The van der Waals surface area contributed by atoms with E-state index in [-0.39, 0.29) is 11.9 Å². The SMILES string of the molecule is CN1CCN(C(=O)NC(Cc2ccccc2)C(=O)NC(/C=C/C(N)=O)CCc2ccccc2)CC1. The van der Waals surface area contributed by atoms with E-state index in [0.29, 0.717) is 32.4 Å². The molecule has 35 heavy (non-hydrogen) atoms. The van der Waals surface area contributed by atoms with Gasteiger partial charge in [-0.15, -0.1) is 0 Å². The summed E-state index contributed by atoms with van der Waals surface area (Å²) in [7, 11) is 2.02. The third kappa shape index (κ3) is 8.90. The zero-order chi connectivity index (χ0) is 25.0. The molecule has 2 unspecified atom stereocenters. The Hall–Kier alpha value is -3.65. The molecule has 3 rings (SSSR count). The first kappa shape index (κ1) is 26.0. The largest absolute Gasteiger partial charge is 0.366 e. The number of aryl methyl sites for hydroxylation is 1. The molecule has 2 aromatic carbocycles. The first-order valence-corrected chi connectivity index (χ1v) is 12.0. The molecule has 0 saturated carbocycles. The molecule has 8 nitrogen and oxygen atoms in total. The predicted molar refractivity (Wildman–Crippen MR) is 137 cm³/mol. The van der Waals surface area contributed by atoms with Gasteiger partial charge in [-0.3, -0.25) is 9.59 Å². The highest BCUT2D eigenvalue weighted by atomic mass is 16.2. The van der Waals surface area contributed by atoms with Gasteiger partial charge in [0, 0.05) is 44.7 Å². The topological polar surface area (TPSA) is 108 Å². The number of urea groups is 1. The van der Waals surface area contributed by atoms with Crippen LogP contribution in [-0.4, -0.2) is 73.0 Å². The Morgan fingerprint density at radius 3 is 2.11 bits per heavy atom. The maximum Gasteiger partial charge on any atom is 0.318 e. The first-order valence-electron chi connectivity index (χ1n) is 12.0. The Balaban J connectivity index is 1.71. The van der Waals surface area contributed by atoms with E-state index >= 15 is 0 Å². The van der Waals surface area contributed by atoms with Gasteiger partial charge in [0.15, 0.2) is 0 Å². The number of likely N-dealkylation sites (N-methyl/N-ethyl adjacent to an activating group) is 1. The van der Waals surface area contributed by atoms with E-state index in [1.54, 1.807) is 11.0 Å². The van der Waals surface area contributed by atoms with Crippen molar-refractivity contribution in [1.82, 2.24) is 20.4 Å². The second kappa shape index (κ2) is 13.3. The van der Waals surface area contributed by atoms with Gasteiger partial charge in [-0.2, -0.15) is 0 Å². The fraction of sp³-hybridized carbons (Fsp3) is 0.370. The van der Waals surface area contributed by atoms with E-state index in [1.165, 1.54) is 6.08 Å². The van der Waals surface area contributed by atoms with Gasteiger partial charge in [0.05, 0.1) is 0 Å². The number of primary amides is 1. The molecule has 0 radical (unpaired) electrons. The van der Waals surface area contributed by atoms with E-state index < -0.39 is 18.0 Å². The van der Waals surface area contributed by atoms with Crippen LogP contribution in [0, 0.1) is 0 Å². The molecule has 0 bridgehead atoms. The van der Waals surface area contributed by atoms with Crippen molar-refractivity contribution in [2.45, 2.75) is 31.3 Å². The van der Waals surface area contributed by atoms with Gasteiger partial charge in [0.25, 0.3) is 0 Å². The lowest BCUT2D eigenvalue weighted by atomic mass is 10.0. The third-order valence-corrected chi connectivity index (χ3v) is 6.09. The van der Waals surface area contributed by atoms with Crippen LogP contribution in [0.5, 0.6) is 0 Å². The van der Waals surface area contributed by atoms with Crippen molar-refractivity contribution < 1.29 is 14.4 Å². The summed E-state index contributed by atoms with van der Waals surface area (Å²) in [6.45, 7) is 2.82. The maximum absolute atomic E-state index is 13.4. The molecule has 1 saturated heterocycles. The van der Waals surface area contributed by atoms with Crippen LogP contribution in [0.2, 0.25) is 0 Å². The minimum Gasteiger partial charge on any atom is -0.366 e. The summed E-state index contributed by atoms with van der Waals surface area (Å²) in [4.78, 5) is 41.6. The molecule has 2 atom stereocenters. The van der Waals surface area contributed by atoms with Crippen molar-refractivity contribution in [1.29, 1.82) is 0 Å². The molecular weight excluding hydrogens is 442 g/mol. The normalized spacial score (nSPS) is 16.0. The van der Waals surface area contributed by atoms with Gasteiger partial charge < -0.3 is 26.2 Å². The summed E-state index contributed by atoms with van der Waals surface area (Å²) >= 11 is 0. The van der Waals surface area contributed by atoms with E-state index in [1.807, 2.05) is 67.7 Å². The fourth-order valence-electron chi connectivity index (χ4n) is 3.99. The molecule has 4 N–H and O–H groups in total. The highest BCUT2D eigenvalue weighted by Crippen LogP contribution is 2.09. The zero-order valence-corrected chi connectivity index (χ0v) is 20.2. The van der Waals surface area contributed by atoms with Crippen LogP contribution in [0.1, 0.15) is 17.5 Å². The van der Waals surface area contributed by atoms with Crippen LogP contribution in [0.15, 0.2) is 72.8 Å². The van der Waals surface area contributed by atoms with Crippen molar-refractivity contribution in [2.75, 3.05) is 33.2 Å². The minimum atomic E-state index is -0.759. The van der Waals surface area contributed by atoms with Crippen LogP contribution in [0.4, 0.5) is 4.79 Å². The summed E-state index contributed by atoms with van der Waals surface area (Å²) in [5, 5.41) is 5.94. The van der Waals surface area contributed by atoms with Gasteiger partial charge in [-0.05, 0) is 31.0 Å². The molecule has 186 valence electrons. The van der Waals surface area contributed by atoms with Gasteiger partial charge in [0.1, 0.15) is 6.04 Å². The van der Waals surface area contributed by atoms with Gasteiger partial charge in [0.2, 0.25) is 11.8 Å². The molecule has 4 amide bonds. The standard InChI is InChI=1S/C27H35N5O3/c1-31-16-18-32(19-17-31)27(35)30-24(20-22-10-6-3-7-11-22)26(34)29-23(14-15-25(28)33)13-12-21-8-4-2-5-9-21/h2-11,14-15,23-24H,12-13,16-20H2,1H3,(H2,28,33)(H,29,34)(H,30,35)/b15-14+. The second-order valence-corrected chi connectivity index (χ2v) is 8.88. The molecule has 0 spiro atoms. The molecule has 1 fully saturated rings. The number of benzene rings is 2. The van der Waals surface area contributed by atoms with Crippen molar-refractivity contribution >= 4 is 17.8 Å². The van der Waals surface area contributed by atoms with Crippen molar-refractivity contribution in [2.24, 2.45) is 5.73 Å². The van der Waals surface area contributed by atoms with E-state index in [0.717, 1.165) is 24.2 Å². The molecule has 1 heterocycles. The molecule has 0 aromatic heterocycles. The molecule has 1 aliphatic heterocycles. The number of carbonyl (C=O) groups is 3. The molecule has 0 aliphatic carbocycles. The maximum atomic E-state index is 13.4. The Kier molecular flexibility index (Phi) is 9.86. The Labute approximate surface area is 207 Å². The van der Waals surface area contributed by atoms with Crippen LogP contribution in [0.3, 0.4) is 0 Å². The Morgan fingerprint density at radius 1 is 0.914 bits per heavy atom. The van der Waals surface area contributed by atoms with E-state index in [2.05, 4.69) is 15.5 Å². The third-order valence-electron chi connectivity index (χ3n) is 6.09. The summed E-state index contributed by atoms with van der Waals surface area (Å²) < 4.78 is 0. The number of nitrogens with zero attached hydrogens (tertiary/aromatic N) is 2. The number of hydrogen-bond acceptors (Lipinski definition) is 4. The molecule has 8 heteroatoms. The molecule has 1 aliphatic rings. The summed E-state index contributed by atoms with van der Waals surface area (Å²) in [6, 6.07) is 18.1. The summed E-state index contributed by atoms with van der Waals surface area (Å²) in [5.74, 6) is -0.878. The lowest BCUT2D eigenvalue weighted by molar-refractivity contribution is -0.123. The van der Waals surface area contributed by atoms with Gasteiger partial charge in [-0.25, -0.2) is 4.79 Å². The Morgan fingerprint density at radius 2 is 1.51 bits per heavy atom. The predicted octanol–water partition coefficient (Wildman–Crippen LogP) is 1.71. The first-order chi connectivity index (χ1) is 16.9. The smallest absolute Gasteiger partial charge is 0.318 e. The van der Waals surface area contributed by atoms with Crippen molar-refractivity contribution in [3.8, 4) is 0 Å². The summed E-state index contributed by atoms with van der Waals surface area (Å²) in [6.07, 6.45) is 4.54. The quantitative estimate of drug-likeness (QED) is 0.453. The second-order valence-electron chi connectivity index (χ2n) is 8.88. The summed E-state index contributed by atoms with van der Waals surface area (Å²) in [5.41, 5.74) is 7.37. The lowest BCUT2D eigenvalue weighted by Gasteiger charge is -2.33. The number of nitrogens with one attached hydrogen (secondary N) is 2. The lowest BCUT2D eigenvalue weighted by Crippen LogP contribution is -2.56. The van der Waals surface area contributed by atoms with Crippen molar-refractivity contribution in [3.63, 3.8) is 0 Å². The van der Waals surface area contributed by atoms with Crippen LogP contribution in [-0.2, 0) is 22.4 Å². The molecule has 2 aromatic rings. The number of hydrogen-bond donors (Lipinski definition) is 3. The fourth-order valence-corrected chi connectivity index (χ4v) is 3.99. The van der Waals surface area contributed by atoms with Crippen LogP contribution < -0.4 is 16.4 Å². The minimum absolute atomic E-state index is 0.248. The number of amides is 4. The monoisotopic (exact) mass is 477 g/mol. The van der Waals surface area contributed by atoms with Crippen molar-refractivity contribution in [3.05, 3.63) is 83.9 Å². The number of rotatable bonds is 10. The molecular formula is C27H35N5O3. The zero-order valence-electron chi connectivity index (χ0n) is 20.2. The number of piperazine rings is 1. The van der Waals surface area contributed by atoms with Crippen LogP contribution in [0.25, 0.3) is 0 Å². The number of carbonyl (C=O) groups excluding carboxylic acids is 3. The highest BCUT2D eigenvalue weighted by molar-refractivity contribution is 5.88. The van der Waals surface area contributed by atoms with E-state index in [9.17, 15) is 14.4 Å². The van der Waals surface area contributed by atoms with Gasteiger partial charge >= 0.3 is 6.03 Å². The van der Waals surface area contributed by atoms with Crippen LogP contribution >= 0.6 is 0 Å².